The molecule has 1 N–H and O–H groups in total. The molecule has 4 aromatic carbocycles. The van der Waals surface area contributed by atoms with Crippen LogP contribution in [0.15, 0.2) is 95.8 Å². The molecule has 0 radical (unpaired) electrons. The second-order valence-corrected chi connectivity index (χ2v) is 10.7. The number of aromatic nitrogens is 1. The summed E-state index contributed by atoms with van der Waals surface area (Å²) in [5.74, 6) is -0.0316. The van der Waals surface area contributed by atoms with Gasteiger partial charge in [-0.3, -0.25) is 14.2 Å². The van der Waals surface area contributed by atoms with E-state index in [1.54, 1.807) is 10.6 Å². The number of aryl methyl sites for hydroxylation is 2. The van der Waals surface area contributed by atoms with Gasteiger partial charge in [-0.15, -0.1) is 0 Å². The van der Waals surface area contributed by atoms with E-state index in [0.29, 0.717) is 11.1 Å². The summed E-state index contributed by atoms with van der Waals surface area (Å²) in [6.07, 6.45) is 6.70. The number of ketones is 1. The minimum Gasteiger partial charge on any atom is -0.355 e. The number of pyridine rings is 1. The first-order chi connectivity index (χ1) is 19.6. The van der Waals surface area contributed by atoms with E-state index in [1.165, 1.54) is 24.0 Å². The number of rotatable bonds is 9. The maximum atomic E-state index is 14.0. The molecule has 4 heteroatoms. The van der Waals surface area contributed by atoms with Crippen LogP contribution in [-0.4, -0.2) is 10.4 Å². The molecule has 40 heavy (non-hydrogen) atoms. The predicted octanol–water partition coefficient (Wildman–Crippen LogP) is 8.63. The van der Waals surface area contributed by atoms with Gasteiger partial charge in [-0.25, -0.2) is 0 Å². The Morgan fingerprint density at radius 3 is 1.95 bits per heavy atom. The minimum atomic E-state index is -0.109. The van der Waals surface area contributed by atoms with Crippen LogP contribution in [0.4, 0.5) is 11.4 Å². The van der Waals surface area contributed by atoms with E-state index >= 15 is 0 Å². The smallest absolute Gasteiger partial charge is 0.256 e. The van der Waals surface area contributed by atoms with Crippen molar-refractivity contribution in [3.8, 4) is 16.8 Å². The SMILES string of the molecule is CCCCc1ccc(Nc2ccc3c4c(cc(=O)n3-c3ccc(CCCC)cc3)-c3ccccc3C(=O)c24)cc1. The topological polar surface area (TPSA) is 51.1 Å². The molecular weight excluding hydrogens is 492 g/mol. The third kappa shape index (κ3) is 4.64. The van der Waals surface area contributed by atoms with E-state index in [1.807, 2.05) is 48.5 Å². The van der Waals surface area contributed by atoms with Crippen molar-refractivity contribution < 1.29 is 4.79 Å². The Kier molecular flexibility index (Phi) is 7.08. The van der Waals surface area contributed by atoms with E-state index in [-0.39, 0.29) is 11.3 Å². The number of hydrogen-bond acceptors (Lipinski definition) is 3. The fraction of sp³-hybridized carbons (Fsp3) is 0.222. The summed E-state index contributed by atoms with van der Waals surface area (Å²) in [7, 11) is 0. The number of anilines is 2. The first-order valence-corrected chi connectivity index (χ1v) is 14.4. The molecule has 6 rings (SSSR count). The van der Waals surface area contributed by atoms with Gasteiger partial charge < -0.3 is 5.32 Å². The number of nitrogens with zero attached hydrogens (tertiary/aromatic N) is 1. The summed E-state index contributed by atoms with van der Waals surface area (Å²) < 4.78 is 1.74. The van der Waals surface area contributed by atoms with Crippen molar-refractivity contribution in [3.05, 3.63) is 124 Å². The van der Waals surface area contributed by atoms with Crippen LogP contribution in [-0.2, 0) is 12.8 Å². The van der Waals surface area contributed by atoms with Crippen molar-refractivity contribution >= 4 is 28.1 Å². The lowest BCUT2D eigenvalue weighted by atomic mass is 9.83. The second kappa shape index (κ2) is 11.0. The molecule has 0 unspecified atom stereocenters. The molecule has 0 spiro atoms. The molecule has 1 aliphatic rings. The quantitative estimate of drug-likeness (QED) is 0.205. The molecule has 0 atom stereocenters. The molecule has 0 fully saturated rings. The standard InChI is InChI=1S/C36H34N2O2/c1-3-5-9-24-13-17-26(18-14-24)37-31-21-22-32-34-30(28-11-7-8-12-29(28)36(40)35(31)34)23-33(39)38(32)27-19-15-25(16-20-27)10-6-4-2/h7-8,11-23,37H,3-6,9-10H2,1-2H3. The van der Waals surface area contributed by atoms with Crippen molar-refractivity contribution in [2.45, 2.75) is 52.4 Å². The lowest BCUT2D eigenvalue weighted by molar-refractivity contribution is 0.104. The molecule has 0 aliphatic heterocycles. The van der Waals surface area contributed by atoms with Crippen molar-refractivity contribution in [1.29, 1.82) is 0 Å². The number of nitrogens with one attached hydrogen (secondary N) is 1. The van der Waals surface area contributed by atoms with Crippen molar-refractivity contribution in [2.75, 3.05) is 5.32 Å². The molecule has 0 bridgehead atoms. The summed E-state index contributed by atoms with van der Waals surface area (Å²) in [6.45, 7) is 4.39. The average Bonchev–Trinajstić information content (AvgIpc) is 2.99. The Morgan fingerprint density at radius 1 is 0.675 bits per heavy atom. The maximum Gasteiger partial charge on any atom is 0.256 e. The summed E-state index contributed by atoms with van der Waals surface area (Å²) in [5.41, 5.74) is 8.52. The van der Waals surface area contributed by atoms with E-state index in [4.69, 9.17) is 0 Å². The third-order valence-electron chi connectivity index (χ3n) is 7.94. The Morgan fingerprint density at radius 2 is 1.30 bits per heavy atom. The van der Waals surface area contributed by atoms with Gasteiger partial charge in [-0.1, -0.05) is 75.2 Å². The van der Waals surface area contributed by atoms with Crippen molar-refractivity contribution in [2.24, 2.45) is 0 Å². The molecule has 200 valence electrons. The van der Waals surface area contributed by atoms with Gasteiger partial charge in [0.2, 0.25) is 0 Å². The highest BCUT2D eigenvalue weighted by atomic mass is 16.1. The summed E-state index contributed by atoms with van der Waals surface area (Å²) in [6, 6.07) is 29.9. The van der Waals surface area contributed by atoms with Crippen LogP contribution in [0.2, 0.25) is 0 Å². The van der Waals surface area contributed by atoms with Crippen molar-refractivity contribution in [1.82, 2.24) is 4.57 Å². The number of carbonyl (C=O) groups is 1. The van der Waals surface area contributed by atoms with Crippen LogP contribution in [0, 0.1) is 0 Å². The van der Waals surface area contributed by atoms with Crippen LogP contribution in [0.1, 0.15) is 66.6 Å². The van der Waals surface area contributed by atoms with Gasteiger partial charge in [0.25, 0.3) is 5.56 Å². The number of hydrogen-bond donors (Lipinski definition) is 1. The molecule has 0 saturated heterocycles. The molecule has 1 aliphatic carbocycles. The number of benzene rings is 4. The van der Waals surface area contributed by atoms with Gasteiger partial charge >= 0.3 is 0 Å². The molecule has 1 heterocycles. The maximum absolute atomic E-state index is 14.0. The van der Waals surface area contributed by atoms with E-state index < -0.39 is 0 Å². The highest BCUT2D eigenvalue weighted by molar-refractivity contribution is 6.28. The predicted molar refractivity (Wildman–Crippen MR) is 165 cm³/mol. The number of unbranched alkanes of at least 4 members (excludes halogenated alkanes) is 2. The van der Waals surface area contributed by atoms with E-state index in [2.05, 4.69) is 55.6 Å². The van der Waals surface area contributed by atoms with Gasteiger partial charge in [-0.2, -0.15) is 0 Å². The summed E-state index contributed by atoms with van der Waals surface area (Å²) in [4.78, 5) is 27.7. The zero-order valence-electron chi connectivity index (χ0n) is 23.2. The van der Waals surface area contributed by atoms with E-state index in [0.717, 1.165) is 64.8 Å². The first-order valence-electron chi connectivity index (χ1n) is 14.4. The lowest BCUT2D eigenvalue weighted by Gasteiger charge is -2.24. The van der Waals surface area contributed by atoms with Crippen LogP contribution in [0.5, 0.6) is 0 Å². The van der Waals surface area contributed by atoms with Gasteiger partial charge in [-0.05, 0) is 84.3 Å². The summed E-state index contributed by atoms with van der Waals surface area (Å²) >= 11 is 0. The summed E-state index contributed by atoms with van der Waals surface area (Å²) in [5, 5.41) is 4.32. The molecule has 5 aromatic rings. The lowest BCUT2D eigenvalue weighted by Crippen LogP contribution is -2.22. The molecule has 4 nitrogen and oxygen atoms in total. The largest absolute Gasteiger partial charge is 0.355 e. The second-order valence-electron chi connectivity index (χ2n) is 10.7. The Bertz CT molecular complexity index is 1760. The van der Waals surface area contributed by atoms with Crippen LogP contribution < -0.4 is 10.9 Å². The van der Waals surface area contributed by atoms with Gasteiger partial charge in [0.05, 0.1) is 16.8 Å². The Labute approximate surface area is 235 Å². The first kappa shape index (κ1) is 25.8. The van der Waals surface area contributed by atoms with Crippen molar-refractivity contribution in [3.63, 3.8) is 0 Å². The third-order valence-corrected chi connectivity index (χ3v) is 7.94. The van der Waals surface area contributed by atoms with Crippen LogP contribution in [0.3, 0.4) is 0 Å². The van der Waals surface area contributed by atoms with Gasteiger partial charge in [0.1, 0.15) is 0 Å². The Balaban J connectivity index is 1.51. The number of carbonyl (C=O) groups excluding carboxylic acids is 1. The van der Waals surface area contributed by atoms with Gasteiger partial charge in [0.15, 0.2) is 5.78 Å². The monoisotopic (exact) mass is 526 g/mol. The average molecular weight is 527 g/mol. The highest BCUT2D eigenvalue weighted by Gasteiger charge is 2.29. The zero-order valence-corrected chi connectivity index (χ0v) is 23.2. The molecule has 0 amide bonds. The number of fused-ring (bicyclic) bond motifs is 2. The normalized spacial score (nSPS) is 12.0. The fourth-order valence-electron chi connectivity index (χ4n) is 5.78. The highest BCUT2D eigenvalue weighted by Crippen LogP contribution is 2.42. The minimum absolute atomic E-state index is 0.0316. The fourth-order valence-corrected chi connectivity index (χ4v) is 5.78. The molecule has 0 saturated carbocycles. The van der Waals surface area contributed by atoms with Crippen LogP contribution >= 0.6 is 0 Å². The zero-order chi connectivity index (χ0) is 27.6. The molecule has 1 aromatic heterocycles. The Hall–Kier alpha value is -4.44. The van der Waals surface area contributed by atoms with Crippen LogP contribution in [0.25, 0.3) is 27.7 Å². The van der Waals surface area contributed by atoms with Gasteiger partial charge in [0, 0.05) is 28.4 Å². The molecular formula is C36H34N2O2. The van der Waals surface area contributed by atoms with E-state index in [9.17, 15) is 9.59 Å².